The maximum atomic E-state index is 11.9. The molecule has 2 aromatic rings. The number of benzene rings is 1. The van der Waals surface area contributed by atoms with E-state index in [0.29, 0.717) is 43.3 Å². The molecule has 0 spiro atoms. The molecule has 2 heterocycles. The molecule has 1 aliphatic rings. The number of esters is 1. The van der Waals surface area contributed by atoms with Crippen LogP contribution in [0.15, 0.2) is 24.3 Å². The van der Waals surface area contributed by atoms with Gasteiger partial charge in [0.2, 0.25) is 0 Å². The average molecular weight is 450 g/mol. The molecule has 0 amide bonds. The second-order valence-corrected chi connectivity index (χ2v) is 6.71. The van der Waals surface area contributed by atoms with Crippen molar-refractivity contribution in [1.29, 1.82) is 5.41 Å². The maximum Gasteiger partial charge on any atom is 1.00 e. The van der Waals surface area contributed by atoms with Gasteiger partial charge in [-0.3, -0.25) is 4.79 Å². The third-order valence-electron chi connectivity index (χ3n) is 4.65. The van der Waals surface area contributed by atoms with Crippen LogP contribution in [0.2, 0.25) is 0 Å². The number of nitrogens with one attached hydrogen (secondary N) is 1. The van der Waals surface area contributed by atoms with Crippen LogP contribution in [0.4, 0.5) is 5.82 Å². The van der Waals surface area contributed by atoms with Crippen LogP contribution in [0.3, 0.4) is 0 Å². The Morgan fingerprint density at radius 3 is 2.72 bits per heavy atom. The largest absolute Gasteiger partial charge is 1.00 e. The van der Waals surface area contributed by atoms with Gasteiger partial charge in [-0.05, 0) is 31.7 Å². The average Bonchev–Trinajstić information content (AvgIpc) is 2.80. The van der Waals surface area contributed by atoms with Crippen molar-refractivity contribution in [1.82, 2.24) is 4.98 Å². The SMILES string of the molecule is CCOC(=O)c1cc(N2CCOCC2C)n[c-]c1C=N.[CH2-]c1ccc(OC)cc1OC.[Na+]. The number of pyridine rings is 1. The van der Waals surface area contributed by atoms with E-state index in [4.69, 9.17) is 24.4 Å². The molecule has 168 valence electrons. The zero-order chi connectivity index (χ0) is 22.8. The van der Waals surface area contributed by atoms with Crippen LogP contribution in [0.25, 0.3) is 0 Å². The molecular formula is C23H29N3NaO5-. The molecule has 0 saturated carbocycles. The Labute approximate surface area is 212 Å². The molecule has 1 aromatic heterocycles. The molecule has 1 atom stereocenters. The van der Waals surface area contributed by atoms with Gasteiger partial charge in [-0.25, -0.2) is 0 Å². The van der Waals surface area contributed by atoms with Crippen LogP contribution in [-0.2, 0) is 9.47 Å². The summed E-state index contributed by atoms with van der Waals surface area (Å²) in [5.41, 5.74) is 1.53. The monoisotopic (exact) mass is 450 g/mol. The summed E-state index contributed by atoms with van der Waals surface area (Å²) in [6, 6.07) is 7.37. The van der Waals surface area contributed by atoms with Gasteiger partial charge in [-0.2, -0.15) is 18.6 Å². The maximum absolute atomic E-state index is 11.9. The van der Waals surface area contributed by atoms with Gasteiger partial charge < -0.3 is 34.2 Å². The number of carbonyl (C=O) groups is 1. The van der Waals surface area contributed by atoms with Crippen molar-refractivity contribution in [2.45, 2.75) is 19.9 Å². The molecule has 3 rings (SSSR count). The van der Waals surface area contributed by atoms with Gasteiger partial charge in [0.25, 0.3) is 5.97 Å². The molecule has 0 aliphatic carbocycles. The van der Waals surface area contributed by atoms with E-state index in [1.807, 2.05) is 25.1 Å². The Balaban J connectivity index is 0.000000364. The summed E-state index contributed by atoms with van der Waals surface area (Å²) < 4.78 is 20.4. The van der Waals surface area contributed by atoms with Crippen LogP contribution in [0, 0.1) is 18.5 Å². The minimum absolute atomic E-state index is 0. The van der Waals surface area contributed by atoms with Gasteiger partial charge in [-0.15, -0.1) is 0 Å². The molecular weight excluding hydrogens is 421 g/mol. The fourth-order valence-electron chi connectivity index (χ4n) is 2.97. The third kappa shape index (κ3) is 7.41. The number of rotatable bonds is 6. The number of anilines is 1. The fourth-order valence-corrected chi connectivity index (χ4v) is 2.97. The normalized spacial score (nSPS) is 14.9. The number of methoxy groups -OCH3 is 2. The molecule has 1 unspecified atom stereocenters. The van der Waals surface area contributed by atoms with Gasteiger partial charge >= 0.3 is 29.6 Å². The third-order valence-corrected chi connectivity index (χ3v) is 4.65. The number of hydrogen-bond donors (Lipinski definition) is 1. The summed E-state index contributed by atoms with van der Waals surface area (Å²) in [7, 11) is 3.24. The van der Waals surface area contributed by atoms with Crippen LogP contribution in [0.1, 0.15) is 35.3 Å². The molecule has 0 radical (unpaired) electrons. The Kier molecular flexibility index (Phi) is 12.2. The zero-order valence-electron chi connectivity index (χ0n) is 19.4. The quantitative estimate of drug-likeness (QED) is 0.290. The first-order valence-corrected chi connectivity index (χ1v) is 9.93. The molecule has 9 heteroatoms. The fraction of sp³-hybridized carbons (Fsp3) is 0.391. The first kappa shape index (κ1) is 27.8. The van der Waals surface area contributed by atoms with E-state index < -0.39 is 5.97 Å². The summed E-state index contributed by atoms with van der Waals surface area (Å²) >= 11 is 0. The standard InChI is InChI=1S/C14H18N3O3.C9H11O2.Na/c1-3-20-14(18)12-6-13(16-8-11(12)7-15)17-4-5-19-9-10(17)2;1-7-4-5-8(10-2)6-9(7)11-3;/h6-7,10,15H,3-5,9H2,1-2H3;4-6H,1H2,2-3H3;/q2*-1;+1. The Morgan fingerprint density at radius 2 is 2.12 bits per heavy atom. The van der Waals surface area contributed by atoms with E-state index in [1.54, 1.807) is 27.2 Å². The van der Waals surface area contributed by atoms with Gasteiger partial charge in [0.1, 0.15) is 0 Å². The second-order valence-electron chi connectivity index (χ2n) is 6.71. The first-order valence-electron chi connectivity index (χ1n) is 9.93. The summed E-state index contributed by atoms with van der Waals surface area (Å²) in [5, 5.41) is 7.33. The van der Waals surface area contributed by atoms with E-state index in [1.165, 1.54) is 0 Å². The van der Waals surface area contributed by atoms with Crippen molar-refractivity contribution in [2.24, 2.45) is 0 Å². The van der Waals surface area contributed by atoms with Crippen molar-refractivity contribution in [2.75, 3.05) is 45.5 Å². The minimum atomic E-state index is -0.452. The summed E-state index contributed by atoms with van der Waals surface area (Å²) in [6.45, 7) is 9.84. The second kappa shape index (κ2) is 14.0. The van der Waals surface area contributed by atoms with Crippen molar-refractivity contribution in [3.63, 3.8) is 0 Å². The van der Waals surface area contributed by atoms with Gasteiger partial charge in [0.05, 0.1) is 39.8 Å². The smallest absolute Gasteiger partial charge is 0.553 e. The molecule has 0 bridgehead atoms. The molecule has 1 aromatic carbocycles. The van der Waals surface area contributed by atoms with Crippen LogP contribution < -0.4 is 43.9 Å². The van der Waals surface area contributed by atoms with Crippen molar-refractivity contribution >= 4 is 18.0 Å². The number of ether oxygens (including phenoxy) is 4. The minimum Gasteiger partial charge on any atom is -0.553 e. The van der Waals surface area contributed by atoms with E-state index in [9.17, 15) is 4.79 Å². The zero-order valence-corrected chi connectivity index (χ0v) is 21.4. The van der Waals surface area contributed by atoms with Crippen molar-refractivity contribution < 1.29 is 53.3 Å². The van der Waals surface area contributed by atoms with Gasteiger partial charge in [0.15, 0.2) is 0 Å². The molecule has 1 aliphatic heterocycles. The summed E-state index contributed by atoms with van der Waals surface area (Å²) in [4.78, 5) is 18.2. The van der Waals surface area contributed by atoms with Crippen LogP contribution in [-0.4, -0.2) is 63.8 Å². The van der Waals surface area contributed by atoms with Gasteiger partial charge in [-0.1, -0.05) is 23.9 Å². The number of morpholine rings is 1. The van der Waals surface area contributed by atoms with Gasteiger partial charge in [0, 0.05) is 24.2 Å². The van der Waals surface area contributed by atoms with Crippen LogP contribution >= 0.6 is 0 Å². The number of hydrogen-bond acceptors (Lipinski definition) is 8. The molecule has 32 heavy (non-hydrogen) atoms. The van der Waals surface area contributed by atoms with E-state index in [0.717, 1.165) is 23.3 Å². The molecule has 8 nitrogen and oxygen atoms in total. The summed E-state index contributed by atoms with van der Waals surface area (Å²) in [5.74, 6) is 1.75. The topological polar surface area (TPSA) is 94.0 Å². The van der Waals surface area contributed by atoms with Crippen molar-refractivity contribution in [3.8, 4) is 11.5 Å². The predicted molar refractivity (Wildman–Crippen MR) is 119 cm³/mol. The Bertz CT molecular complexity index is 894. The number of nitrogens with zero attached hydrogens (tertiary/aromatic N) is 2. The predicted octanol–water partition coefficient (Wildman–Crippen LogP) is 0.171. The van der Waals surface area contributed by atoms with E-state index in [-0.39, 0.29) is 35.6 Å². The van der Waals surface area contributed by atoms with Crippen LogP contribution in [0.5, 0.6) is 11.5 Å². The van der Waals surface area contributed by atoms with Crippen molar-refractivity contribution in [3.05, 3.63) is 54.1 Å². The molecule has 1 N–H and O–H groups in total. The molecule has 1 fully saturated rings. The van der Waals surface area contributed by atoms with E-state index >= 15 is 0 Å². The first-order chi connectivity index (χ1) is 14.9. The molecule has 1 saturated heterocycles. The Hall–Kier alpha value is -2.26. The van der Waals surface area contributed by atoms with E-state index in [2.05, 4.69) is 23.0 Å². The number of carbonyl (C=O) groups excluding carboxylic acids is 1. The summed E-state index contributed by atoms with van der Waals surface area (Å²) in [6.07, 6.45) is 3.80. The Morgan fingerprint density at radius 1 is 1.38 bits per heavy atom. The number of aromatic nitrogens is 1.